The van der Waals surface area contributed by atoms with Crippen molar-refractivity contribution in [2.75, 3.05) is 4.90 Å². The fourth-order valence-electron chi connectivity index (χ4n) is 3.00. The molecule has 1 aliphatic carbocycles. The Balaban J connectivity index is 1.87. The Labute approximate surface area is 130 Å². The van der Waals surface area contributed by atoms with Crippen LogP contribution in [0.2, 0.25) is 0 Å². The maximum absolute atomic E-state index is 2.47. The largest absolute Gasteiger partial charge is 0.332 e. The highest BCUT2D eigenvalue weighted by Gasteiger charge is 2.33. The van der Waals surface area contributed by atoms with Gasteiger partial charge in [0.1, 0.15) is 0 Å². The van der Waals surface area contributed by atoms with Crippen LogP contribution in [0.4, 0.5) is 11.4 Å². The number of thioether (sulfide) groups is 1. The Kier molecular flexibility index (Phi) is 3.12. The van der Waals surface area contributed by atoms with Gasteiger partial charge >= 0.3 is 0 Å². The molecule has 2 aromatic rings. The quantitative estimate of drug-likeness (QED) is 0.719. The molecular weight excluding hydrogens is 274 g/mol. The molecule has 0 aromatic heterocycles. The summed E-state index contributed by atoms with van der Waals surface area (Å²) in [7, 11) is 0. The second kappa shape index (κ2) is 5.12. The van der Waals surface area contributed by atoms with Gasteiger partial charge in [0.25, 0.3) is 0 Å². The second-order valence-electron chi connectivity index (χ2n) is 5.52. The molecule has 2 unspecified atom stereocenters. The van der Waals surface area contributed by atoms with E-state index in [2.05, 4.69) is 84.7 Å². The summed E-state index contributed by atoms with van der Waals surface area (Å²) in [5, 5.41) is 0.478. The van der Waals surface area contributed by atoms with Crippen LogP contribution in [0.15, 0.2) is 77.7 Å². The molecule has 2 aromatic carbocycles. The van der Waals surface area contributed by atoms with Crippen LogP contribution in [0.3, 0.4) is 0 Å². The molecule has 104 valence electrons. The van der Waals surface area contributed by atoms with E-state index in [0.29, 0.717) is 11.3 Å². The summed E-state index contributed by atoms with van der Waals surface area (Å²) in [4.78, 5) is 3.83. The molecule has 1 aliphatic heterocycles. The van der Waals surface area contributed by atoms with E-state index in [1.165, 1.54) is 21.8 Å². The van der Waals surface area contributed by atoms with Crippen LogP contribution in [0.1, 0.15) is 5.56 Å². The molecule has 21 heavy (non-hydrogen) atoms. The molecule has 0 fully saturated rings. The number of hydrogen-bond donors (Lipinski definition) is 0. The van der Waals surface area contributed by atoms with Crippen molar-refractivity contribution in [3.8, 4) is 0 Å². The van der Waals surface area contributed by atoms with Gasteiger partial charge in [-0.05, 0) is 31.2 Å². The van der Waals surface area contributed by atoms with Gasteiger partial charge in [-0.15, -0.1) is 11.8 Å². The van der Waals surface area contributed by atoms with E-state index in [0.717, 1.165) is 0 Å². The van der Waals surface area contributed by atoms with Crippen LogP contribution in [-0.2, 0) is 0 Å². The summed E-state index contributed by atoms with van der Waals surface area (Å²) in [5.74, 6) is 0. The van der Waals surface area contributed by atoms with E-state index >= 15 is 0 Å². The molecule has 2 heteroatoms. The fourth-order valence-corrected chi connectivity index (χ4v) is 4.26. The number of benzene rings is 2. The lowest BCUT2D eigenvalue weighted by Crippen LogP contribution is -2.40. The highest BCUT2D eigenvalue weighted by atomic mass is 32.2. The number of aryl methyl sites for hydroxylation is 1. The molecule has 2 atom stereocenters. The Morgan fingerprint density at radius 3 is 2.52 bits per heavy atom. The predicted octanol–water partition coefficient (Wildman–Crippen LogP) is 5.10. The lowest BCUT2D eigenvalue weighted by molar-refractivity contribution is 0.778. The van der Waals surface area contributed by atoms with Crippen LogP contribution in [0.5, 0.6) is 0 Å². The summed E-state index contributed by atoms with van der Waals surface area (Å²) >= 11 is 1.96. The first-order valence-corrected chi connectivity index (χ1v) is 8.17. The third kappa shape index (κ3) is 2.20. The molecule has 0 saturated carbocycles. The van der Waals surface area contributed by atoms with Crippen molar-refractivity contribution in [2.24, 2.45) is 0 Å². The standard InChI is InChI=1S/C19H17NS/c1-14-10-12-15(13-11-14)20-16-6-2-4-8-18(16)21-19-9-5-3-7-17(19)20/h2-13,16,18H,1H3. The lowest BCUT2D eigenvalue weighted by Gasteiger charge is -2.42. The number of hydrogen-bond acceptors (Lipinski definition) is 2. The smallest absolute Gasteiger partial charge is 0.0683 e. The topological polar surface area (TPSA) is 3.24 Å². The summed E-state index contributed by atoms with van der Waals surface area (Å²) in [5.41, 5.74) is 3.88. The Morgan fingerprint density at radius 2 is 1.67 bits per heavy atom. The zero-order chi connectivity index (χ0) is 14.2. The average molecular weight is 291 g/mol. The van der Waals surface area contributed by atoms with E-state index in [9.17, 15) is 0 Å². The number of para-hydroxylation sites is 1. The van der Waals surface area contributed by atoms with Gasteiger partial charge in [-0.3, -0.25) is 0 Å². The van der Waals surface area contributed by atoms with Crippen LogP contribution in [0.25, 0.3) is 0 Å². The Bertz CT molecular complexity index is 715. The second-order valence-corrected chi connectivity index (χ2v) is 6.74. The summed E-state index contributed by atoms with van der Waals surface area (Å²) in [6, 6.07) is 17.9. The molecule has 0 amide bonds. The third-order valence-corrected chi connectivity index (χ3v) is 5.36. The maximum Gasteiger partial charge on any atom is 0.0683 e. The van der Waals surface area contributed by atoms with Gasteiger partial charge < -0.3 is 4.90 Å². The van der Waals surface area contributed by atoms with Gasteiger partial charge in [-0.25, -0.2) is 0 Å². The molecule has 4 rings (SSSR count). The molecule has 1 nitrogen and oxygen atoms in total. The minimum Gasteiger partial charge on any atom is -0.332 e. The van der Waals surface area contributed by atoms with Gasteiger partial charge in [-0.2, -0.15) is 0 Å². The van der Waals surface area contributed by atoms with Crippen molar-refractivity contribution < 1.29 is 0 Å². The van der Waals surface area contributed by atoms with Crippen molar-refractivity contribution in [2.45, 2.75) is 23.1 Å². The SMILES string of the molecule is Cc1ccc(N2c3ccccc3SC3C=CC=CC32)cc1. The minimum absolute atomic E-state index is 0.387. The molecule has 0 spiro atoms. The minimum atomic E-state index is 0.387. The van der Waals surface area contributed by atoms with Gasteiger partial charge in [0.05, 0.1) is 17.0 Å². The van der Waals surface area contributed by atoms with E-state index < -0.39 is 0 Å². The van der Waals surface area contributed by atoms with Crippen LogP contribution in [-0.4, -0.2) is 11.3 Å². The Morgan fingerprint density at radius 1 is 0.905 bits per heavy atom. The highest BCUT2D eigenvalue weighted by molar-refractivity contribution is 8.00. The molecule has 0 saturated heterocycles. The molecular formula is C19H17NS. The Hall–Kier alpha value is -1.93. The number of allylic oxidation sites excluding steroid dienone is 2. The zero-order valence-electron chi connectivity index (χ0n) is 11.9. The van der Waals surface area contributed by atoms with E-state index in [-0.39, 0.29) is 0 Å². The molecule has 0 bridgehead atoms. The maximum atomic E-state index is 2.47. The highest BCUT2D eigenvalue weighted by Crippen LogP contribution is 2.46. The van der Waals surface area contributed by atoms with Gasteiger partial charge in [0.2, 0.25) is 0 Å². The summed E-state index contributed by atoms with van der Waals surface area (Å²) in [6.07, 6.45) is 8.95. The predicted molar refractivity (Wildman–Crippen MR) is 91.5 cm³/mol. The zero-order valence-corrected chi connectivity index (χ0v) is 12.8. The first kappa shape index (κ1) is 12.8. The molecule has 2 aliphatic rings. The number of anilines is 2. The van der Waals surface area contributed by atoms with Crippen molar-refractivity contribution in [1.29, 1.82) is 0 Å². The summed E-state index contributed by atoms with van der Waals surface area (Å²) in [6.45, 7) is 2.13. The first-order chi connectivity index (χ1) is 10.3. The van der Waals surface area contributed by atoms with Gasteiger partial charge in [-0.1, -0.05) is 54.1 Å². The number of rotatable bonds is 1. The fraction of sp³-hybridized carbons (Fsp3) is 0.158. The van der Waals surface area contributed by atoms with Crippen molar-refractivity contribution >= 4 is 23.1 Å². The van der Waals surface area contributed by atoms with Gasteiger partial charge in [0.15, 0.2) is 0 Å². The van der Waals surface area contributed by atoms with E-state index in [1.807, 2.05) is 11.8 Å². The van der Waals surface area contributed by atoms with Crippen molar-refractivity contribution in [3.05, 3.63) is 78.4 Å². The molecule has 1 heterocycles. The first-order valence-electron chi connectivity index (χ1n) is 7.29. The normalized spacial score (nSPS) is 22.8. The average Bonchev–Trinajstić information content (AvgIpc) is 2.53. The van der Waals surface area contributed by atoms with Gasteiger partial charge in [0, 0.05) is 10.6 Å². The van der Waals surface area contributed by atoms with E-state index in [4.69, 9.17) is 0 Å². The summed E-state index contributed by atoms with van der Waals surface area (Å²) < 4.78 is 0. The monoisotopic (exact) mass is 291 g/mol. The van der Waals surface area contributed by atoms with E-state index in [1.54, 1.807) is 0 Å². The van der Waals surface area contributed by atoms with Crippen molar-refractivity contribution in [3.63, 3.8) is 0 Å². The lowest BCUT2D eigenvalue weighted by atomic mass is 10.0. The van der Waals surface area contributed by atoms with Crippen LogP contribution >= 0.6 is 11.8 Å². The number of nitrogens with zero attached hydrogens (tertiary/aromatic N) is 1. The van der Waals surface area contributed by atoms with Crippen LogP contribution in [0, 0.1) is 6.92 Å². The molecule has 0 N–H and O–H groups in total. The number of fused-ring (bicyclic) bond motifs is 2. The molecule has 0 radical (unpaired) electrons. The van der Waals surface area contributed by atoms with Crippen molar-refractivity contribution in [1.82, 2.24) is 0 Å². The van der Waals surface area contributed by atoms with Crippen LogP contribution < -0.4 is 4.90 Å². The third-order valence-electron chi connectivity index (χ3n) is 4.05.